The summed E-state index contributed by atoms with van der Waals surface area (Å²) in [6, 6.07) is 3.35. The Balaban J connectivity index is 1.25. The summed E-state index contributed by atoms with van der Waals surface area (Å²) in [5, 5.41) is 54.2. The van der Waals surface area contributed by atoms with Gasteiger partial charge in [0.25, 0.3) is 11.4 Å². The van der Waals surface area contributed by atoms with E-state index in [-0.39, 0.29) is 121 Å². The van der Waals surface area contributed by atoms with Crippen molar-refractivity contribution in [2.45, 2.75) is 101 Å². The molecule has 67 heavy (non-hydrogen) atoms. The summed E-state index contributed by atoms with van der Waals surface area (Å²) < 4.78 is 72.9. The number of anilines is 2. The van der Waals surface area contributed by atoms with Crippen LogP contribution in [-0.2, 0) is 44.2 Å². The Morgan fingerprint density at radius 1 is 0.866 bits per heavy atom. The van der Waals surface area contributed by atoms with Crippen molar-refractivity contribution < 1.29 is 71.2 Å². The summed E-state index contributed by atoms with van der Waals surface area (Å²) in [6.45, 7) is 3.44. The second-order valence-corrected chi connectivity index (χ2v) is 15.7. The molecule has 378 valence electrons. The zero-order chi connectivity index (χ0) is 49.0. The van der Waals surface area contributed by atoms with Crippen LogP contribution in [0.3, 0.4) is 0 Å². The molecule has 1 fully saturated rings. The number of nitro groups is 2. The number of alkyl halides is 3. The lowest BCUT2D eigenvalue weighted by molar-refractivity contribution is -0.393. The van der Waals surface area contributed by atoms with Crippen molar-refractivity contribution in [1.82, 2.24) is 20.6 Å². The number of hydrogen-bond donors (Lipinski definition) is 6. The first kappa shape index (κ1) is 56.7. The van der Waals surface area contributed by atoms with E-state index in [9.17, 15) is 53.2 Å². The molecule has 0 spiro atoms. The Bertz CT molecular complexity index is 1810. The number of benzene rings is 1. The highest BCUT2D eigenvalue weighted by Crippen LogP contribution is 2.30. The Hall–Kier alpha value is -4.60. The summed E-state index contributed by atoms with van der Waals surface area (Å²) >= 11 is 5.74. The molecular formula is C41H62ClF3N8O14. The molecule has 1 aromatic heterocycles. The molecule has 1 saturated heterocycles. The van der Waals surface area contributed by atoms with Gasteiger partial charge in [-0.05, 0) is 12.5 Å². The summed E-state index contributed by atoms with van der Waals surface area (Å²) in [5.74, 6) is -2.43. The predicted octanol–water partition coefficient (Wildman–Crippen LogP) is 4.19. The number of amides is 2. The standard InChI is InChI=1S/C41H62ClF3N8O14/c1-2-3-4-5-6-7-8-9-29(66-26-33-39(57)38(56)31(25-67-33)49-35-23-34(42)50-40(51-35)41(43,44)45)24-48-36(54)12-15-62-17-14-47-37(55)27-65-21-20-64-19-18-63-16-13-46-30-11-10-28(52(58)59)22-32(30)53(60)61/h10-11,22-23,29,31,33,38-39,46,56-57H,2-9,12-21,24-27H2,1H3,(H,47,55)(H,48,54)(H,49,50,51)/t29?,31-,33+,38+,39-/m0/s1. The van der Waals surface area contributed by atoms with Gasteiger partial charge in [-0.2, -0.15) is 13.2 Å². The number of nitrogens with zero attached hydrogens (tertiary/aromatic N) is 4. The molecule has 1 aliphatic rings. The van der Waals surface area contributed by atoms with Gasteiger partial charge in [0.05, 0.1) is 87.5 Å². The van der Waals surface area contributed by atoms with Crippen LogP contribution < -0.4 is 21.3 Å². The number of hydrogen-bond acceptors (Lipinski definition) is 18. The van der Waals surface area contributed by atoms with Crippen molar-refractivity contribution in [2.75, 3.05) is 96.3 Å². The minimum absolute atomic E-state index is 0.0448. The molecule has 3 rings (SSSR count). The molecule has 0 bridgehead atoms. The Morgan fingerprint density at radius 2 is 1.54 bits per heavy atom. The van der Waals surface area contributed by atoms with Crippen LogP contribution in [0.15, 0.2) is 24.3 Å². The molecule has 2 heterocycles. The second kappa shape index (κ2) is 31.4. The molecule has 5 atom stereocenters. The van der Waals surface area contributed by atoms with Crippen molar-refractivity contribution in [3.63, 3.8) is 0 Å². The number of aliphatic hydroxyl groups is 2. The van der Waals surface area contributed by atoms with Gasteiger partial charge < -0.3 is 59.9 Å². The molecular weight excluding hydrogens is 921 g/mol. The van der Waals surface area contributed by atoms with E-state index in [2.05, 4.69) is 38.2 Å². The van der Waals surface area contributed by atoms with Crippen molar-refractivity contribution in [3.05, 3.63) is 55.5 Å². The molecule has 1 aliphatic heterocycles. The average Bonchev–Trinajstić information content (AvgIpc) is 3.28. The van der Waals surface area contributed by atoms with Crippen LogP contribution in [0.4, 0.5) is 36.1 Å². The van der Waals surface area contributed by atoms with Gasteiger partial charge in [-0.3, -0.25) is 29.8 Å². The third kappa shape index (κ3) is 22.8. The maximum absolute atomic E-state index is 13.2. The Morgan fingerprint density at radius 3 is 2.24 bits per heavy atom. The minimum atomic E-state index is -4.85. The number of aromatic nitrogens is 2. The molecule has 6 N–H and O–H groups in total. The van der Waals surface area contributed by atoms with Gasteiger partial charge in [-0.15, -0.1) is 0 Å². The summed E-state index contributed by atoms with van der Waals surface area (Å²) in [5.41, 5.74) is -0.674. The highest BCUT2D eigenvalue weighted by molar-refractivity contribution is 6.29. The predicted molar refractivity (Wildman–Crippen MR) is 236 cm³/mol. The fourth-order valence-corrected chi connectivity index (χ4v) is 6.65. The van der Waals surface area contributed by atoms with Gasteiger partial charge in [0.15, 0.2) is 0 Å². The summed E-state index contributed by atoms with van der Waals surface area (Å²) in [4.78, 5) is 52.0. The fourth-order valence-electron chi connectivity index (χ4n) is 6.46. The number of aliphatic hydroxyl groups excluding tert-OH is 2. The SMILES string of the molecule is CCCCCCCCCC(CNC(=O)CCOCCNC(=O)COCCOCCOCCNc1ccc([N+](=O)[O-])cc1[N+](=O)[O-])OC[C@H]1OC[C@H](Nc2cc(Cl)nc(C(F)(F)F)n2)[C@@H](O)[C@H]1O. The lowest BCUT2D eigenvalue weighted by atomic mass is 9.98. The number of unbranched alkanes of at least 4 members (excludes halogenated alkanes) is 6. The molecule has 2 aromatic rings. The maximum Gasteiger partial charge on any atom is 0.451 e. The fraction of sp³-hybridized carbons (Fsp3) is 0.707. The summed E-state index contributed by atoms with van der Waals surface area (Å²) in [7, 11) is 0. The quantitative estimate of drug-likeness (QED) is 0.0244. The van der Waals surface area contributed by atoms with Crippen LogP contribution in [0.2, 0.25) is 5.15 Å². The van der Waals surface area contributed by atoms with Crippen molar-refractivity contribution in [3.8, 4) is 0 Å². The first-order valence-corrected chi connectivity index (χ1v) is 22.5. The summed E-state index contributed by atoms with van der Waals surface area (Å²) in [6.07, 6.45) is -1.09. The van der Waals surface area contributed by atoms with Crippen molar-refractivity contribution in [2.24, 2.45) is 0 Å². The Kier molecular flexibility index (Phi) is 26.6. The monoisotopic (exact) mass is 982 g/mol. The number of carbonyl (C=O) groups is 2. The highest BCUT2D eigenvalue weighted by atomic mass is 35.5. The number of carbonyl (C=O) groups excluding carboxylic acids is 2. The zero-order valence-corrected chi connectivity index (χ0v) is 38.1. The molecule has 0 aliphatic carbocycles. The highest BCUT2D eigenvalue weighted by Gasteiger charge is 2.40. The van der Waals surface area contributed by atoms with Crippen LogP contribution in [0.5, 0.6) is 0 Å². The van der Waals surface area contributed by atoms with E-state index in [1.165, 1.54) is 18.6 Å². The van der Waals surface area contributed by atoms with Crippen molar-refractivity contribution in [1.29, 1.82) is 0 Å². The van der Waals surface area contributed by atoms with Gasteiger partial charge in [-0.1, -0.05) is 63.5 Å². The van der Waals surface area contributed by atoms with E-state index < -0.39 is 63.1 Å². The van der Waals surface area contributed by atoms with E-state index in [4.69, 9.17) is 40.0 Å². The number of rotatable bonds is 35. The largest absolute Gasteiger partial charge is 0.451 e. The van der Waals surface area contributed by atoms with Crippen LogP contribution in [-0.4, -0.2) is 158 Å². The normalized spacial score (nSPS) is 17.7. The minimum Gasteiger partial charge on any atom is -0.388 e. The lowest BCUT2D eigenvalue weighted by Crippen LogP contribution is -2.57. The molecule has 2 amide bonds. The van der Waals surface area contributed by atoms with Crippen LogP contribution >= 0.6 is 11.6 Å². The number of halogens is 4. The van der Waals surface area contributed by atoms with Gasteiger partial charge in [0, 0.05) is 38.2 Å². The smallest absolute Gasteiger partial charge is 0.388 e. The molecule has 0 saturated carbocycles. The first-order valence-electron chi connectivity index (χ1n) is 22.1. The molecule has 1 unspecified atom stereocenters. The molecule has 0 radical (unpaired) electrons. The maximum atomic E-state index is 13.2. The van der Waals surface area contributed by atoms with Gasteiger partial charge in [-0.25, -0.2) is 9.97 Å². The molecule has 1 aromatic carbocycles. The van der Waals surface area contributed by atoms with Crippen LogP contribution in [0, 0.1) is 20.2 Å². The van der Waals surface area contributed by atoms with E-state index in [0.717, 1.165) is 50.7 Å². The third-order valence-corrected chi connectivity index (χ3v) is 10.2. The van der Waals surface area contributed by atoms with Gasteiger partial charge in [0.1, 0.15) is 41.6 Å². The van der Waals surface area contributed by atoms with E-state index in [1.807, 2.05) is 0 Å². The number of non-ortho nitro benzene ring substituents is 1. The van der Waals surface area contributed by atoms with E-state index in [1.54, 1.807) is 0 Å². The number of ether oxygens (including phenoxy) is 6. The van der Waals surface area contributed by atoms with E-state index in [0.29, 0.717) is 6.42 Å². The molecule has 22 nitrogen and oxygen atoms in total. The van der Waals surface area contributed by atoms with Crippen LogP contribution in [0.25, 0.3) is 0 Å². The average molecular weight is 983 g/mol. The zero-order valence-electron chi connectivity index (χ0n) is 37.3. The third-order valence-electron chi connectivity index (χ3n) is 10.0. The number of nitrogens with one attached hydrogen (secondary N) is 4. The number of nitro benzene ring substituents is 2. The topological polar surface area (TPSA) is 290 Å². The Labute approximate surface area is 390 Å². The second-order valence-electron chi connectivity index (χ2n) is 15.3. The van der Waals surface area contributed by atoms with Crippen molar-refractivity contribution >= 4 is 46.3 Å². The van der Waals surface area contributed by atoms with Gasteiger partial charge >= 0.3 is 6.18 Å². The van der Waals surface area contributed by atoms with Crippen LogP contribution in [0.1, 0.15) is 70.5 Å². The lowest BCUT2D eigenvalue weighted by Gasteiger charge is -2.38. The first-order chi connectivity index (χ1) is 32.1. The van der Waals surface area contributed by atoms with Gasteiger partial charge in [0.2, 0.25) is 17.6 Å². The molecule has 26 heteroatoms. The van der Waals surface area contributed by atoms with E-state index >= 15 is 0 Å².